The van der Waals surface area contributed by atoms with Gasteiger partial charge in [0, 0.05) is 19.7 Å². The number of nitrogens with zero attached hydrogens (tertiary/aromatic N) is 2. The van der Waals surface area contributed by atoms with E-state index < -0.39 is 0 Å². The molecule has 1 aliphatic rings. The van der Waals surface area contributed by atoms with Gasteiger partial charge < -0.3 is 15.0 Å². The Bertz CT molecular complexity index is 221. The molecule has 1 heterocycles. The first-order chi connectivity index (χ1) is 7.77. The number of guanidine groups is 1. The molecule has 1 unspecified atom stereocenters. The lowest BCUT2D eigenvalue weighted by Gasteiger charge is -2.17. The number of rotatable bonds is 5. The molecule has 6 heteroatoms. The third-order valence-electron chi connectivity index (χ3n) is 2.87. The average molecular weight is 229 g/mol. The van der Waals surface area contributed by atoms with Crippen molar-refractivity contribution in [3.8, 4) is 0 Å². The molecule has 0 saturated carbocycles. The van der Waals surface area contributed by atoms with Gasteiger partial charge in [0.1, 0.15) is 0 Å². The number of likely N-dealkylation sites (N-methyl/N-ethyl adjacent to an activating group) is 1. The summed E-state index contributed by atoms with van der Waals surface area (Å²) in [5.74, 6) is 6.01. The number of methoxy groups -OCH3 is 1. The van der Waals surface area contributed by atoms with E-state index in [1.807, 2.05) is 0 Å². The summed E-state index contributed by atoms with van der Waals surface area (Å²) in [6.45, 7) is 3.31. The Balaban J connectivity index is 2.28. The molecule has 94 valence electrons. The highest BCUT2D eigenvalue weighted by atomic mass is 16.5. The minimum absolute atomic E-state index is 0.549. The average Bonchev–Trinajstić information content (AvgIpc) is 2.69. The van der Waals surface area contributed by atoms with Gasteiger partial charge in [0.2, 0.25) is 5.96 Å². The largest absolute Gasteiger partial charge is 0.383 e. The molecule has 0 amide bonds. The fourth-order valence-corrected chi connectivity index (χ4v) is 1.83. The molecule has 1 fully saturated rings. The molecule has 0 radical (unpaired) electrons. The van der Waals surface area contributed by atoms with E-state index in [0.29, 0.717) is 25.2 Å². The molecular formula is C10H23N5O. The lowest BCUT2D eigenvalue weighted by molar-refractivity contribution is 0.203. The highest BCUT2D eigenvalue weighted by Gasteiger charge is 2.20. The predicted molar refractivity (Wildman–Crippen MR) is 65.2 cm³/mol. The third kappa shape index (κ3) is 4.34. The zero-order valence-corrected chi connectivity index (χ0v) is 10.2. The van der Waals surface area contributed by atoms with Crippen molar-refractivity contribution in [2.24, 2.45) is 10.8 Å². The molecule has 0 aromatic rings. The molecule has 16 heavy (non-hydrogen) atoms. The lowest BCUT2D eigenvalue weighted by Crippen LogP contribution is -2.43. The molecule has 1 saturated heterocycles. The van der Waals surface area contributed by atoms with Gasteiger partial charge in [0.25, 0.3) is 0 Å². The number of hydrogen-bond donors (Lipinski definition) is 3. The van der Waals surface area contributed by atoms with Gasteiger partial charge in [-0.1, -0.05) is 0 Å². The van der Waals surface area contributed by atoms with E-state index in [4.69, 9.17) is 10.6 Å². The van der Waals surface area contributed by atoms with E-state index in [1.165, 1.54) is 19.4 Å². The summed E-state index contributed by atoms with van der Waals surface area (Å²) in [5.41, 5.74) is 2.56. The molecule has 0 bridgehead atoms. The van der Waals surface area contributed by atoms with E-state index in [1.54, 1.807) is 7.11 Å². The van der Waals surface area contributed by atoms with Crippen LogP contribution in [0.1, 0.15) is 12.8 Å². The molecule has 4 N–H and O–H groups in total. The quantitative estimate of drug-likeness (QED) is 0.188. The van der Waals surface area contributed by atoms with Gasteiger partial charge in [0.15, 0.2) is 0 Å². The fourth-order valence-electron chi connectivity index (χ4n) is 1.83. The summed E-state index contributed by atoms with van der Waals surface area (Å²) in [4.78, 5) is 6.76. The Kier molecular flexibility index (Phi) is 6.14. The predicted octanol–water partition coefficient (Wildman–Crippen LogP) is -0.864. The summed E-state index contributed by atoms with van der Waals surface area (Å²) >= 11 is 0. The SMILES string of the molecule is COCCNC(=NCC1CCCN1C)NN. The Labute approximate surface area is 97.2 Å². The van der Waals surface area contributed by atoms with E-state index in [-0.39, 0.29) is 0 Å². The van der Waals surface area contributed by atoms with Crippen LogP contribution in [0, 0.1) is 0 Å². The zero-order chi connectivity index (χ0) is 11.8. The molecular weight excluding hydrogens is 206 g/mol. The standard InChI is InChI=1S/C10H23N5O/c1-15-6-3-4-9(15)8-13-10(14-11)12-5-7-16-2/h9H,3-8,11H2,1-2H3,(H2,12,13,14). The monoisotopic (exact) mass is 229 g/mol. The van der Waals surface area contributed by atoms with Crippen molar-refractivity contribution in [2.45, 2.75) is 18.9 Å². The Morgan fingerprint density at radius 3 is 3.00 bits per heavy atom. The smallest absolute Gasteiger partial charge is 0.205 e. The minimum atomic E-state index is 0.549. The second-order valence-corrected chi connectivity index (χ2v) is 4.03. The number of likely N-dealkylation sites (tertiary alicyclic amines) is 1. The maximum Gasteiger partial charge on any atom is 0.205 e. The first-order valence-electron chi connectivity index (χ1n) is 5.72. The van der Waals surface area contributed by atoms with Gasteiger partial charge in [-0.3, -0.25) is 10.4 Å². The van der Waals surface area contributed by atoms with E-state index in [0.717, 1.165) is 6.54 Å². The van der Waals surface area contributed by atoms with E-state index in [9.17, 15) is 0 Å². The maximum atomic E-state index is 5.38. The maximum absolute atomic E-state index is 5.38. The summed E-state index contributed by atoms with van der Waals surface area (Å²) in [7, 11) is 3.81. The number of hydrazine groups is 1. The van der Waals surface area contributed by atoms with Gasteiger partial charge in [-0.25, -0.2) is 5.84 Å². The molecule has 1 atom stereocenters. The number of nitrogens with one attached hydrogen (secondary N) is 2. The van der Waals surface area contributed by atoms with Crippen molar-refractivity contribution in [1.82, 2.24) is 15.6 Å². The van der Waals surface area contributed by atoms with Gasteiger partial charge in [-0.2, -0.15) is 0 Å². The van der Waals surface area contributed by atoms with Crippen LogP contribution in [-0.2, 0) is 4.74 Å². The summed E-state index contributed by atoms with van der Waals surface area (Å²) in [5, 5.41) is 3.08. The van der Waals surface area contributed by atoms with Gasteiger partial charge in [-0.05, 0) is 26.4 Å². The van der Waals surface area contributed by atoms with Crippen LogP contribution in [0.4, 0.5) is 0 Å². The lowest BCUT2D eigenvalue weighted by atomic mass is 10.2. The van der Waals surface area contributed by atoms with E-state index >= 15 is 0 Å². The molecule has 0 aromatic carbocycles. The van der Waals surface area contributed by atoms with E-state index in [2.05, 4.69) is 27.7 Å². The fraction of sp³-hybridized carbons (Fsp3) is 0.900. The van der Waals surface area contributed by atoms with Crippen LogP contribution in [0.15, 0.2) is 4.99 Å². The van der Waals surface area contributed by atoms with Crippen molar-refractivity contribution in [2.75, 3.05) is 40.4 Å². The Morgan fingerprint density at radius 2 is 2.44 bits per heavy atom. The van der Waals surface area contributed by atoms with Crippen molar-refractivity contribution < 1.29 is 4.74 Å². The number of ether oxygens (including phenoxy) is 1. The highest BCUT2D eigenvalue weighted by molar-refractivity contribution is 5.79. The van der Waals surface area contributed by atoms with Crippen molar-refractivity contribution in [1.29, 1.82) is 0 Å². The molecule has 1 rings (SSSR count). The minimum Gasteiger partial charge on any atom is -0.383 e. The summed E-state index contributed by atoms with van der Waals surface area (Å²) in [6, 6.07) is 0.549. The van der Waals surface area contributed by atoms with Crippen LogP contribution in [-0.4, -0.2) is 57.3 Å². The first-order valence-corrected chi connectivity index (χ1v) is 5.72. The van der Waals surface area contributed by atoms with Crippen LogP contribution >= 0.6 is 0 Å². The Hall–Kier alpha value is -0.850. The zero-order valence-electron chi connectivity index (χ0n) is 10.2. The Morgan fingerprint density at radius 1 is 1.62 bits per heavy atom. The first kappa shape index (κ1) is 13.2. The number of aliphatic imine (C=N–C) groups is 1. The second kappa shape index (κ2) is 7.43. The molecule has 0 spiro atoms. The third-order valence-corrected chi connectivity index (χ3v) is 2.87. The van der Waals surface area contributed by atoms with Crippen molar-refractivity contribution in [3.05, 3.63) is 0 Å². The molecule has 1 aliphatic heterocycles. The summed E-state index contributed by atoms with van der Waals surface area (Å²) < 4.78 is 4.94. The van der Waals surface area contributed by atoms with Gasteiger partial charge >= 0.3 is 0 Å². The van der Waals surface area contributed by atoms with Crippen LogP contribution < -0.4 is 16.6 Å². The van der Waals surface area contributed by atoms with Crippen molar-refractivity contribution >= 4 is 5.96 Å². The summed E-state index contributed by atoms with van der Waals surface area (Å²) in [6.07, 6.45) is 2.48. The molecule has 0 aliphatic carbocycles. The molecule has 6 nitrogen and oxygen atoms in total. The number of hydrogen-bond acceptors (Lipinski definition) is 4. The highest BCUT2D eigenvalue weighted by Crippen LogP contribution is 2.14. The van der Waals surface area contributed by atoms with Crippen LogP contribution in [0.2, 0.25) is 0 Å². The van der Waals surface area contributed by atoms with Crippen LogP contribution in [0.5, 0.6) is 0 Å². The second-order valence-electron chi connectivity index (χ2n) is 4.03. The normalized spacial score (nSPS) is 22.4. The van der Waals surface area contributed by atoms with Gasteiger partial charge in [-0.15, -0.1) is 0 Å². The number of nitrogens with two attached hydrogens (primary N) is 1. The topological polar surface area (TPSA) is 74.9 Å². The van der Waals surface area contributed by atoms with Crippen LogP contribution in [0.25, 0.3) is 0 Å². The van der Waals surface area contributed by atoms with Crippen LogP contribution in [0.3, 0.4) is 0 Å². The molecule has 0 aromatic heterocycles. The van der Waals surface area contributed by atoms with Crippen molar-refractivity contribution in [3.63, 3.8) is 0 Å². The van der Waals surface area contributed by atoms with Gasteiger partial charge in [0.05, 0.1) is 13.2 Å².